The van der Waals surface area contributed by atoms with E-state index in [2.05, 4.69) is 36.1 Å². The molecule has 0 fully saturated rings. The Hall–Kier alpha value is -0.800. The summed E-state index contributed by atoms with van der Waals surface area (Å²) in [6, 6.07) is 4.36. The first-order chi connectivity index (χ1) is 7.63. The summed E-state index contributed by atoms with van der Waals surface area (Å²) in [6.45, 7) is 6.35. The Kier molecular flexibility index (Phi) is 5.56. The minimum atomic E-state index is 0.625. The molecule has 0 amide bonds. The maximum Gasteiger partial charge on any atom is 0.126 e. The Morgan fingerprint density at radius 3 is 2.81 bits per heavy atom. The van der Waals surface area contributed by atoms with Crippen LogP contribution in [-0.2, 0) is 0 Å². The second-order valence-corrected chi connectivity index (χ2v) is 4.46. The third-order valence-electron chi connectivity index (χ3n) is 2.84. The zero-order chi connectivity index (χ0) is 12.0. The Balaban J connectivity index is 2.27. The van der Waals surface area contributed by atoms with Crippen LogP contribution in [0.15, 0.2) is 18.3 Å². The van der Waals surface area contributed by atoms with Crippen LogP contribution in [0.5, 0.6) is 0 Å². The lowest BCUT2D eigenvalue weighted by molar-refractivity contribution is 0.261. The molecule has 1 unspecified atom stereocenters. The normalized spacial score (nSPS) is 12.8. The number of pyridine rings is 1. The Labute approximate surface area is 103 Å². The minimum absolute atomic E-state index is 0.625. The summed E-state index contributed by atoms with van der Waals surface area (Å²) < 4.78 is 0. The Morgan fingerprint density at radius 2 is 2.25 bits per heavy atom. The number of halogens is 1. The van der Waals surface area contributed by atoms with E-state index in [4.69, 9.17) is 11.6 Å². The highest BCUT2D eigenvalue weighted by molar-refractivity contribution is 6.30. The molecule has 0 bridgehead atoms. The summed E-state index contributed by atoms with van der Waals surface area (Å²) in [5.41, 5.74) is 0. The van der Waals surface area contributed by atoms with Gasteiger partial charge in [-0.3, -0.25) is 0 Å². The van der Waals surface area contributed by atoms with Crippen molar-refractivity contribution < 1.29 is 0 Å². The molecule has 0 saturated carbocycles. The third-order valence-corrected chi connectivity index (χ3v) is 3.06. The number of nitrogens with one attached hydrogen (secondary N) is 1. The number of aromatic nitrogens is 1. The van der Waals surface area contributed by atoms with Gasteiger partial charge >= 0.3 is 0 Å². The molecule has 0 aromatic carbocycles. The van der Waals surface area contributed by atoms with Crippen molar-refractivity contribution in [1.82, 2.24) is 9.88 Å². The number of hydrogen-bond acceptors (Lipinski definition) is 3. The lowest BCUT2D eigenvalue weighted by Crippen LogP contribution is -2.32. The van der Waals surface area contributed by atoms with E-state index in [9.17, 15) is 0 Å². The SMILES string of the molecule is CCC(C)N(C)CCNc1ccc(Cl)cn1. The van der Waals surface area contributed by atoms with Crippen LogP contribution in [0.1, 0.15) is 20.3 Å². The molecule has 0 radical (unpaired) electrons. The van der Waals surface area contributed by atoms with Crippen LogP contribution in [0.3, 0.4) is 0 Å². The summed E-state index contributed by atoms with van der Waals surface area (Å²) in [7, 11) is 2.14. The average Bonchev–Trinajstić information content (AvgIpc) is 2.30. The van der Waals surface area contributed by atoms with Gasteiger partial charge in [0.15, 0.2) is 0 Å². The molecule has 1 atom stereocenters. The molecule has 0 aliphatic rings. The van der Waals surface area contributed by atoms with Crippen molar-refractivity contribution in [3.8, 4) is 0 Å². The fourth-order valence-corrected chi connectivity index (χ4v) is 1.48. The zero-order valence-electron chi connectivity index (χ0n) is 10.2. The minimum Gasteiger partial charge on any atom is -0.369 e. The first kappa shape index (κ1) is 13.3. The number of likely N-dealkylation sites (N-methyl/N-ethyl adjacent to an activating group) is 1. The van der Waals surface area contributed by atoms with Crippen molar-refractivity contribution >= 4 is 17.4 Å². The molecule has 0 spiro atoms. The number of hydrogen-bond donors (Lipinski definition) is 1. The van der Waals surface area contributed by atoms with Crippen molar-refractivity contribution in [2.75, 3.05) is 25.5 Å². The molecule has 0 aliphatic heterocycles. The van der Waals surface area contributed by atoms with Crippen molar-refractivity contribution in [2.24, 2.45) is 0 Å². The Bertz CT molecular complexity index is 300. The van der Waals surface area contributed by atoms with Crippen molar-refractivity contribution in [3.63, 3.8) is 0 Å². The van der Waals surface area contributed by atoms with E-state index in [1.165, 1.54) is 6.42 Å². The third kappa shape index (κ3) is 4.37. The standard InChI is InChI=1S/C12H20ClN3/c1-4-10(2)16(3)8-7-14-12-6-5-11(13)9-15-12/h5-6,9-10H,4,7-8H2,1-3H3,(H,14,15). The van der Waals surface area contributed by atoms with Crippen molar-refractivity contribution in [3.05, 3.63) is 23.4 Å². The number of rotatable bonds is 6. The second-order valence-electron chi connectivity index (χ2n) is 4.03. The van der Waals surface area contributed by atoms with Gasteiger partial charge in [-0.1, -0.05) is 18.5 Å². The van der Waals surface area contributed by atoms with Gasteiger partial charge in [0.25, 0.3) is 0 Å². The molecule has 90 valence electrons. The highest BCUT2D eigenvalue weighted by Crippen LogP contribution is 2.09. The number of nitrogens with zero attached hydrogens (tertiary/aromatic N) is 2. The predicted molar refractivity (Wildman–Crippen MR) is 70.1 cm³/mol. The molecular formula is C12H20ClN3. The van der Waals surface area contributed by atoms with Gasteiger partial charge in [0.2, 0.25) is 0 Å². The van der Waals surface area contributed by atoms with Crippen molar-refractivity contribution in [2.45, 2.75) is 26.3 Å². The lowest BCUT2D eigenvalue weighted by atomic mass is 10.2. The predicted octanol–water partition coefficient (Wildman–Crippen LogP) is 2.88. The quantitative estimate of drug-likeness (QED) is 0.830. The van der Waals surface area contributed by atoms with Crippen LogP contribution in [0.25, 0.3) is 0 Å². The van der Waals surface area contributed by atoms with Crippen LogP contribution < -0.4 is 5.32 Å². The van der Waals surface area contributed by atoms with E-state index >= 15 is 0 Å². The van der Waals surface area contributed by atoms with E-state index in [0.29, 0.717) is 11.1 Å². The molecule has 0 saturated heterocycles. The van der Waals surface area contributed by atoms with Crippen LogP contribution in [0.4, 0.5) is 5.82 Å². The first-order valence-corrected chi connectivity index (χ1v) is 6.07. The van der Waals surface area contributed by atoms with E-state index in [-0.39, 0.29) is 0 Å². The van der Waals surface area contributed by atoms with E-state index in [0.717, 1.165) is 18.9 Å². The maximum absolute atomic E-state index is 5.76. The molecule has 16 heavy (non-hydrogen) atoms. The lowest BCUT2D eigenvalue weighted by Gasteiger charge is -2.23. The van der Waals surface area contributed by atoms with Gasteiger partial charge in [0.1, 0.15) is 5.82 Å². The summed E-state index contributed by atoms with van der Waals surface area (Å²) in [4.78, 5) is 6.51. The fourth-order valence-electron chi connectivity index (χ4n) is 1.37. The average molecular weight is 242 g/mol. The maximum atomic E-state index is 5.76. The van der Waals surface area contributed by atoms with Crippen LogP contribution >= 0.6 is 11.6 Å². The van der Waals surface area contributed by atoms with Gasteiger partial charge in [-0.15, -0.1) is 0 Å². The van der Waals surface area contributed by atoms with Gasteiger partial charge in [-0.2, -0.15) is 0 Å². The molecule has 1 aromatic heterocycles. The molecule has 1 aromatic rings. The van der Waals surface area contributed by atoms with Gasteiger partial charge < -0.3 is 10.2 Å². The molecule has 3 nitrogen and oxygen atoms in total. The summed E-state index contributed by atoms with van der Waals surface area (Å²) in [5, 5.41) is 3.94. The fraction of sp³-hybridized carbons (Fsp3) is 0.583. The van der Waals surface area contributed by atoms with Crippen LogP contribution in [-0.4, -0.2) is 36.1 Å². The van der Waals surface area contributed by atoms with Gasteiger partial charge in [-0.05, 0) is 32.5 Å². The zero-order valence-corrected chi connectivity index (χ0v) is 11.0. The molecule has 4 heteroatoms. The molecule has 1 rings (SSSR count). The largest absolute Gasteiger partial charge is 0.369 e. The Morgan fingerprint density at radius 1 is 1.50 bits per heavy atom. The van der Waals surface area contributed by atoms with Gasteiger partial charge in [0.05, 0.1) is 5.02 Å². The summed E-state index contributed by atoms with van der Waals surface area (Å²) in [6.07, 6.45) is 2.83. The van der Waals surface area contributed by atoms with Crippen molar-refractivity contribution in [1.29, 1.82) is 0 Å². The second kappa shape index (κ2) is 6.71. The smallest absolute Gasteiger partial charge is 0.126 e. The molecular weight excluding hydrogens is 222 g/mol. The van der Waals surface area contributed by atoms with Gasteiger partial charge in [-0.25, -0.2) is 4.98 Å². The van der Waals surface area contributed by atoms with Gasteiger partial charge in [0, 0.05) is 25.3 Å². The molecule has 1 N–H and O–H groups in total. The monoisotopic (exact) mass is 241 g/mol. The van der Waals surface area contributed by atoms with Crippen LogP contribution in [0, 0.1) is 0 Å². The van der Waals surface area contributed by atoms with E-state index in [1.807, 2.05) is 12.1 Å². The summed E-state index contributed by atoms with van der Waals surface area (Å²) >= 11 is 5.76. The molecule has 0 aliphatic carbocycles. The van der Waals surface area contributed by atoms with E-state index in [1.54, 1.807) is 6.20 Å². The number of anilines is 1. The first-order valence-electron chi connectivity index (χ1n) is 5.69. The topological polar surface area (TPSA) is 28.2 Å². The molecule has 1 heterocycles. The highest BCUT2D eigenvalue weighted by Gasteiger charge is 2.05. The summed E-state index contributed by atoms with van der Waals surface area (Å²) in [5.74, 6) is 0.877. The van der Waals surface area contributed by atoms with E-state index < -0.39 is 0 Å². The van der Waals surface area contributed by atoms with Crippen LogP contribution in [0.2, 0.25) is 5.02 Å². The highest BCUT2D eigenvalue weighted by atomic mass is 35.5.